The third kappa shape index (κ3) is 2.63. The second-order valence-electron chi connectivity index (χ2n) is 5.03. The molecule has 94 valence electrons. The Hall–Kier alpha value is -1.02. The van der Waals surface area contributed by atoms with Crippen molar-refractivity contribution >= 4 is 5.69 Å². The van der Waals surface area contributed by atoms with Crippen molar-refractivity contribution in [3.8, 4) is 0 Å². The van der Waals surface area contributed by atoms with Gasteiger partial charge in [-0.05, 0) is 31.4 Å². The van der Waals surface area contributed by atoms with Crippen LogP contribution in [0.2, 0.25) is 0 Å². The summed E-state index contributed by atoms with van der Waals surface area (Å²) in [5, 5.41) is 3.59. The van der Waals surface area contributed by atoms with E-state index < -0.39 is 0 Å². The van der Waals surface area contributed by atoms with Crippen LogP contribution >= 0.6 is 0 Å². The fourth-order valence-electron chi connectivity index (χ4n) is 2.76. The van der Waals surface area contributed by atoms with Crippen LogP contribution in [0.15, 0.2) is 24.3 Å². The third-order valence-electron chi connectivity index (χ3n) is 3.80. The van der Waals surface area contributed by atoms with Gasteiger partial charge in [-0.2, -0.15) is 0 Å². The van der Waals surface area contributed by atoms with Gasteiger partial charge in [0.05, 0.1) is 0 Å². The lowest BCUT2D eigenvalue weighted by molar-refractivity contribution is 0.499. The first-order valence-corrected chi connectivity index (χ1v) is 6.84. The van der Waals surface area contributed by atoms with Crippen molar-refractivity contribution in [3.63, 3.8) is 0 Å². The summed E-state index contributed by atoms with van der Waals surface area (Å²) in [5.41, 5.74) is 2.86. The molecular formula is C15H24N2. The number of hydrogen-bond donors (Lipinski definition) is 1. The van der Waals surface area contributed by atoms with E-state index in [4.69, 9.17) is 0 Å². The molecule has 1 heterocycles. The molecule has 1 aliphatic heterocycles. The Labute approximate surface area is 105 Å². The van der Waals surface area contributed by atoms with Gasteiger partial charge in [0.1, 0.15) is 0 Å². The molecule has 0 saturated carbocycles. The molecular weight excluding hydrogens is 208 g/mol. The fraction of sp³-hybridized carbons (Fsp3) is 0.600. The van der Waals surface area contributed by atoms with Crippen molar-refractivity contribution in [1.82, 2.24) is 5.32 Å². The molecule has 2 rings (SSSR count). The van der Waals surface area contributed by atoms with E-state index in [2.05, 4.69) is 55.3 Å². The Bertz CT molecular complexity index is 358. The summed E-state index contributed by atoms with van der Waals surface area (Å²) in [6, 6.07) is 10.0. The number of para-hydroxylation sites is 1. The Morgan fingerprint density at radius 2 is 2.00 bits per heavy atom. The van der Waals surface area contributed by atoms with E-state index >= 15 is 0 Å². The lowest BCUT2D eigenvalue weighted by Crippen LogP contribution is -2.41. The van der Waals surface area contributed by atoms with E-state index in [1.165, 1.54) is 24.1 Å². The number of rotatable bonds is 3. The molecule has 0 bridgehead atoms. The smallest absolute Gasteiger partial charge is 0.0414 e. The van der Waals surface area contributed by atoms with Crippen LogP contribution in [-0.2, 0) is 6.54 Å². The first-order valence-electron chi connectivity index (χ1n) is 6.84. The van der Waals surface area contributed by atoms with Crippen molar-refractivity contribution in [2.75, 3.05) is 11.4 Å². The van der Waals surface area contributed by atoms with Crippen LogP contribution in [0.5, 0.6) is 0 Å². The normalized spacial score (nSPS) is 20.2. The molecule has 1 atom stereocenters. The standard InChI is InChI=1S/C15H24N2/c1-4-14(5-2)17-11-12(3)16-10-13-8-6-7-9-15(13)17/h6-9,12,14,16H,4-5,10-11H2,1-3H3. The van der Waals surface area contributed by atoms with E-state index in [-0.39, 0.29) is 0 Å². The molecule has 17 heavy (non-hydrogen) atoms. The first-order chi connectivity index (χ1) is 8.26. The molecule has 0 spiro atoms. The quantitative estimate of drug-likeness (QED) is 0.861. The minimum Gasteiger partial charge on any atom is -0.367 e. The van der Waals surface area contributed by atoms with Crippen LogP contribution in [0.25, 0.3) is 0 Å². The topological polar surface area (TPSA) is 15.3 Å². The van der Waals surface area contributed by atoms with E-state index in [1.54, 1.807) is 0 Å². The highest BCUT2D eigenvalue weighted by atomic mass is 15.2. The molecule has 1 aliphatic rings. The zero-order chi connectivity index (χ0) is 12.3. The molecule has 1 N–H and O–H groups in total. The van der Waals surface area contributed by atoms with Crippen LogP contribution in [0.3, 0.4) is 0 Å². The molecule has 1 aromatic carbocycles. The van der Waals surface area contributed by atoms with Gasteiger partial charge in [-0.15, -0.1) is 0 Å². The van der Waals surface area contributed by atoms with Gasteiger partial charge in [0.2, 0.25) is 0 Å². The van der Waals surface area contributed by atoms with Gasteiger partial charge in [-0.3, -0.25) is 0 Å². The monoisotopic (exact) mass is 232 g/mol. The number of anilines is 1. The second-order valence-corrected chi connectivity index (χ2v) is 5.03. The summed E-state index contributed by atoms with van der Waals surface area (Å²) < 4.78 is 0. The average Bonchev–Trinajstić information content (AvgIpc) is 2.52. The van der Waals surface area contributed by atoms with Gasteiger partial charge < -0.3 is 10.2 Å². The second kappa shape index (κ2) is 5.54. The lowest BCUT2D eigenvalue weighted by Gasteiger charge is -2.34. The van der Waals surface area contributed by atoms with Crippen LogP contribution in [0.4, 0.5) is 5.69 Å². The van der Waals surface area contributed by atoms with Crippen molar-refractivity contribution in [2.45, 2.75) is 52.2 Å². The fourth-order valence-corrected chi connectivity index (χ4v) is 2.76. The van der Waals surface area contributed by atoms with E-state index in [1.807, 2.05) is 0 Å². The first kappa shape index (κ1) is 12.4. The third-order valence-corrected chi connectivity index (χ3v) is 3.80. The zero-order valence-electron chi connectivity index (χ0n) is 11.2. The number of fused-ring (bicyclic) bond motifs is 1. The van der Waals surface area contributed by atoms with Gasteiger partial charge in [0.15, 0.2) is 0 Å². The molecule has 0 saturated heterocycles. The van der Waals surface area contributed by atoms with Crippen molar-refractivity contribution in [3.05, 3.63) is 29.8 Å². The largest absolute Gasteiger partial charge is 0.367 e. The van der Waals surface area contributed by atoms with Crippen molar-refractivity contribution < 1.29 is 0 Å². The summed E-state index contributed by atoms with van der Waals surface area (Å²) in [6.07, 6.45) is 2.44. The van der Waals surface area contributed by atoms with E-state index in [0.29, 0.717) is 12.1 Å². The van der Waals surface area contributed by atoms with Crippen LogP contribution < -0.4 is 10.2 Å². The number of nitrogens with zero attached hydrogens (tertiary/aromatic N) is 1. The molecule has 1 aromatic rings. The Morgan fingerprint density at radius 3 is 2.71 bits per heavy atom. The molecule has 2 nitrogen and oxygen atoms in total. The lowest BCUT2D eigenvalue weighted by atomic mass is 10.1. The predicted octanol–water partition coefficient (Wildman–Crippen LogP) is 3.17. The van der Waals surface area contributed by atoms with E-state index in [0.717, 1.165) is 13.1 Å². The molecule has 0 fully saturated rings. The summed E-state index contributed by atoms with van der Waals surface area (Å²) >= 11 is 0. The summed E-state index contributed by atoms with van der Waals surface area (Å²) in [6.45, 7) is 8.97. The molecule has 1 unspecified atom stereocenters. The highest BCUT2D eigenvalue weighted by Gasteiger charge is 2.22. The van der Waals surface area contributed by atoms with Crippen molar-refractivity contribution in [1.29, 1.82) is 0 Å². The van der Waals surface area contributed by atoms with Gasteiger partial charge in [0.25, 0.3) is 0 Å². The summed E-state index contributed by atoms with van der Waals surface area (Å²) in [5.74, 6) is 0. The van der Waals surface area contributed by atoms with Crippen molar-refractivity contribution in [2.24, 2.45) is 0 Å². The average molecular weight is 232 g/mol. The number of hydrogen-bond acceptors (Lipinski definition) is 2. The highest BCUT2D eigenvalue weighted by Crippen LogP contribution is 2.27. The molecule has 2 heteroatoms. The SMILES string of the molecule is CCC(CC)N1CC(C)NCc2ccccc21. The Balaban J connectivity index is 2.34. The zero-order valence-corrected chi connectivity index (χ0v) is 11.2. The minimum atomic E-state index is 0.558. The molecule has 0 aliphatic carbocycles. The molecule has 0 aromatic heterocycles. The van der Waals surface area contributed by atoms with E-state index in [9.17, 15) is 0 Å². The highest BCUT2D eigenvalue weighted by molar-refractivity contribution is 5.55. The van der Waals surface area contributed by atoms with Gasteiger partial charge in [0, 0.05) is 30.9 Å². The van der Waals surface area contributed by atoms with Gasteiger partial charge >= 0.3 is 0 Å². The minimum absolute atomic E-state index is 0.558. The van der Waals surface area contributed by atoms with Gasteiger partial charge in [-0.1, -0.05) is 32.0 Å². The van der Waals surface area contributed by atoms with Crippen LogP contribution in [0, 0.1) is 0 Å². The summed E-state index contributed by atoms with van der Waals surface area (Å²) in [4.78, 5) is 2.60. The van der Waals surface area contributed by atoms with Gasteiger partial charge in [-0.25, -0.2) is 0 Å². The Kier molecular flexibility index (Phi) is 4.06. The number of nitrogens with one attached hydrogen (secondary N) is 1. The molecule has 0 amide bonds. The number of benzene rings is 1. The van der Waals surface area contributed by atoms with Crippen LogP contribution in [0.1, 0.15) is 39.2 Å². The molecule has 0 radical (unpaired) electrons. The summed E-state index contributed by atoms with van der Waals surface area (Å²) in [7, 11) is 0. The maximum absolute atomic E-state index is 3.59. The Morgan fingerprint density at radius 1 is 1.29 bits per heavy atom. The maximum Gasteiger partial charge on any atom is 0.0414 e. The van der Waals surface area contributed by atoms with Crippen LogP contribution in [-0.4, -0.2) is 18.6 Å². The maximum atomic E-state index is 3.59. The predicted molar refractivity (Wildman–Crippen MR) is 74.5 cm³/mol.